The van der Waals surface area contributed by atoms with E-state index in [1.807, 2.05) is 24.0 Å². The van der Waals surface area contributed by atoms with Crippen LogP contribution in [0.1, 0.15) is 42.0 Å². The standard InChI is InChI=1S/C21H28N2O/c1-5-6-13-23(15-19-10-7-16(2)8-11-19)21(24)22-20-12-9-17(3)14-18(20)4/h7-12,14H,5-6,13,15H2,1-4H3,(H,22,24). The van der Waals surface area contributed by atoms with Crippen molar-refractivity contribution in [2.24, 2.45) is 0 Å². The molecule has 0 aliphatic heterocycles. The van der Waals surface area contributed by atoms with Gasteiger partial charge >= 0.3 is 6.03 Å². The van der Waals surface area contributed by atoms with Crippen molar-refractivity contribution in [3.63, 3.8) is 0 Å². The third kappa shape index (κ3) is 5.12. The first-order chi connectivity index (χ1) is 11.5. The van der Waals surface area contributed by atoms with Crippen LogP contribution in [0.2, 0.25) is 0 Å². The van der Waals surface area contributed by atoms with Crippen LogP contribution >= 0.6 is 0 Å². The van der Waals surface area contributed by atoms with Gasteiger partial charge in [-0.2, -0.15) is 0 Å². The Morgan fingerprint density at radius 2 is 1.67 bits per heavy atom. The number of nitrogens with zero attached hydrogens (tertiary/aromatic N) is 1. The van der Waals surface area contributed by atoms with Gasteiger partial charge in [0.25, 0.3) is 0 Å². The first kappa shape index (κ1) is 18.1. The summed E-state index contributed by atoms with van der Waals surface area (Å²) in [7, 11) is 0. The summed E-state index contributed by atoms with van der Waals surface area (Å²) in [6, 6.07) is 14.4. The summed E-state index contributed by atoms with van der Waals surface area (Å²) in [5.74, 6) is 0. The number of hydrogen-bond donors (Lipinski definition) is 1. The lowest BCUT2D eigenvalue weighted by atomic mass is 10.1. The minimum absolute atomic E-state index is 0.0315. The SMILES string of the molecule is CCCCN(Cc1ccc(C)cc1)C(=O)Nc1ccc(C)cc1C. The number of rotatable bonds is 6. The number of benzene rings is 2. The van der Waals surface area contributed by atoms with Gasteiger partial charge in [-0.15, -0.1) is 0 Å². The van der Waals surface area contributed by atoms with Gasteiger partial charge < -0.3 is 10.2 Å². The summed E-state index contributed by atoms with van der Waals surface area (Å²) in [6.07, 6.45) is 2.08. The monoisotopic (exact) mass is 324 g/mol. The first-order valence-corrected chi connectivity index (χ1v) is 8.68. The predicted octanol–water partition coefficient (Wildman–Crippen LogP) is 5.45. The second-order valence-corrected chi connectivity index (χ2v) is 6.51. The van der Waals surface area contributed by atoms with E-state index < -0.39 is 0 Å². The highest BCUT2D eigenvalue weighted by atomic mass is 16.2. The first-order valence-electron chi connectivity index (χ1n) is 8.68. The van der Waals surface area contributed by atoms with E-state index in [2.05, 4.69) is 56.4 Å². The maximum atomic E-state index is 12.7. The molecule has 24 heavy (non-hydrogen) atoms. The minimum atomic E-state index is -0.0315. The van der Waals surface area contributed by atoms with Gasteiger partial charge in [0.1, 0.15) is 0 Å². The highest BCUT2D eigenvalue weighted by Gasteiger charge is 2.14. The van der Waals surface area contributed by atoms with Gasteiger partial charge in [-0.1, -0.05) is 60.9 Å². The molecule has 1 N–H and O–H groups in total. The van der Waals surface area contributed by atoms with Crippen LogP contribution in [0.5, 0.6) is 0 Å². The predicted molar refractivity (Wildman–Crippen MR) is 101 cm³/mol. The minimum Gasteiger partial charge on any atom is -0.320 e. The van der Waals surface area contributed by atoms with E-state index in [4.69, 9.17) is 0 Å². The van der Waals surface area contributed by atoms with Crippen molar-refractivity contribution in [2.75, 3.05) is 11.9 Å². The Kier molecular flexibility index (Phi) is 6.42. The zero-order valence-corrected chi connectivity index (χ0v) is 15.2. The number of aryl methyl sites for hydroxylation is 3. The maximum absolute atomic E-state index is 12.7. The fraction of sp³-hybridized carbons (Fsp3) is 0.381. The summed E-state index contributed by atoms with van der Waals surface area (Å²) < 4.78 is 0. The summed E-state index contributed by atoms with van der Waals surface area (Å²) in [6.45, 7) is 9.71. The molecule has 0 radical (unpaired) electrons. The van der Waals surface area contributed by atoms with E-state index >= 15 is 0 Å². The van der Waals surface area contributed by atoms with Gasteiger partial charge in [-0.05, 0) is 44.4 Å². The van der Waals surface area contributed by atoms with Crippen LogP contribution in [0.15, 0.2) is 42.5 Å². The molecule has 3 heteroatoms. The average molecular weight is 324 g/mol. The second kappa shape index (κ2) is 8.53. The number of carbonyl (C=O) groups is 1. The molecule has 0 aliphatic carbocycles. The molecule has 0 bridgehead atoms. The van der Waals surface area contributed by atoms with Crippen molar-refractivity contribution in [3.05, 3.63) is 64.7 Å². The molecule has 0 saturated carbocycles. The summed E-state index contributed by atoms with van der Waals surface area (Å²) >= 11 is 0. The maximum Gasteiger partial charge on any atom is 0.322 e. The molecule has 2 rings (SSSR count). The third-order valence-electron chi connectivity index (χ3n) is 4.19. The molecule has 2 aromatic carbocycles. The Morgan fingerprint density at radius 1 is 1.00 bits per heavy atom. The van der Waals surface area contributed by atoms with E-state index in [0.29, 0.717) is 6.54 Å². The van der Waals surface area contributed by atoms with E-state index in [0.717, 1.165) is 36.2 Å². The van der Waals surface area contributed by atoms with E-state index in [9.17, 15) is 4.79 Å². The van der Waals surface area contributed by atoms with Crippen molar-refractivity contribution in [1.82, 2.24) is 4.90 Å². The Balaban J connectivity index is 2.10. The van der Waals surface area contributed by atoms with Crippen LogP contribution in [0.3, 0.4) is 0 Å². The molecule has 0 aliphatic rings. The summed E-state index contributed by atoms with van der Waals surface area (Å²) in [4.78, 5) is 14.6. The number of unbranched alkanes of at least 4 members (excludes halogenated alkanes) is 1. The summed E-state index contributed by atoms with van der Waals surface area (Å²) in [5, 5.41) is 3.07. The zero-order valence-electron chi connectivity index (χ0n) is 15.2. The van der Waals surface area contributed by atoms with Crippen molar-refractivity contribution >= 4 is 11.7 Å². The molecule has 0 saturated heterocycles. The molecule has 0 unspecified atom stereocenters. The third-order valence-corrected chi connectivity index (χ3v) is 4.19. The Bertz CT molecular complexity index is 677. The number of nitrogens with one attached hydrogen (secondary N) is 1. The van der Waals surface area contributed by atoms with Gasteiger partial charge in [0.05, 0.1) is 0 Å². The number of carbonyl (C=O) groups excluding carboxylic acids is 1. The zero-order chi connectivity index (χ0) is 17.5. The Labute approximate surface area is 145 Å². The van der Waals surface area contributed by atoms with Crippen LogP contribution in [-0.4, -0.2) is 17.5 Å². The van der Waals surface area contributed by atoms with Crippen LogP contribution < -0.4 is 5.32 Å². The molecule has 2 amide bonds. The van der Waals surface area contributed by atoms with Crippen LogP contribution in [-0.2, 0) is 6.54 Å². The molecular formula is C21H28N2O. The highest BCUT2D eigenvalue weighted by molar-refractivity contribution is 5.90. The summed E-state index contributed by atoms with van der Waals surface area (Å²) in [5.41, 5.74) is 5.57. The molecule has 0 aromatic heterocycles. The van der Waals surface area contributed by atoms with Crippen LogP contribution in [0.25, 0.3) is 0 Å². The second-order valence-electron chi connectivity index (χ2n) is 6.51. The number of hydrogen-bond acceptors (Lipinski definition) is 1. The smallest absolute Gasteiger partial charge is 0.320 e. The molecular weight excluding hydrogens is 296 g/mol. The van der Waals surface area contributed by atoms with Gasteiger partial charge in [-0.3, -0.25) is 0 Å². The molecule has 128 valence electrons. The lowest BCUT2D eigenvalue weighted by Gasteiger charge is -2.24. The van der Waals surface area contributed by atoms with Crippen LogP contribution in [0, 0.1) is 20.8 Å². The number of urea groups is 1. The fourth-order valence-corrected chi connectivity index (χ4v) is 2.66. The van der Waals surface area contributed by atoms with Crippen molar-refractivity contribution in [2.45, 2.75) is 47.1 Å². The molecule has 0 heterocycles. The van der Waals surface area contributed by atoms with Crippen molar-refractivity contribution in [1.29, 1.82) is 0 Å². The number of anilines is 1. The Hall–Kier alpha value is -2.29. The quantitative estimate of drug-likeness (QED) is 0.753. The lowest BCUT2D eigenvalue weighted by Crippen LogP contribution is -2.35. The highest BCUT2D eigenvalue weighted by Crippen LogP contribution is 2.17. The number of amides is 2. The van der Waals surface area contributed by atoms with Gasteiger partial charge in [-0.25, -0.2) is 4.79 Å². The molecule has 2 aromatic rings. The van der Waals surface area contributed by atoms with E-state index in [1.165, 1.54) is 11.1 Å². The normalized spacial score (nSPS) is 10.5. The van der Waals surface area contributed by atoms with E-state index in [-0.39, 0.29) is 6.03 Å². The fourth-order valence-electron chi connectivity index (χ4n) is 2.66. The lowest BCUT2D eigenvalue weighted by molar-refractivity contribution is 0.208. The molecule has 0 spiro atoms. The van der Waals surface area contributed by atoms with Crippen LogP contribution in [0.4, 0.5) is 10.5 Å². The molecule has 3 nitrogen and oxygen atoms in total. The van der Waals surface area contributed by atoms with Gasteiger partial charge in [0, 0.05) is 18.8 Å². The van der Waals surface area contributed by atoms with Gasteiger partial charge in [0.15, 0.2) is 0 Å². The topological polar surface area (TPSA) is 32.3 Å². The Morgan fingerprint density at radius 3 is 2.29 bits per heavy atom. The van der Waals surface area contributed by atoms with Crippen molar-refractivity contribution < 1.29 is 4.79 Å². The molecule has 0 fully saturated rings. The van der Waals surface area contributed by atoms with Gasteiger partial charge in [0.2, 0.25) is 0 Å². The molecule has 0 atom stereocenters. The largest absolute Gasteiger partial charge is 0.322 e. The van der Waals surface area contributed by atoms with E-state index in [1.54, 1.807) is 0 Å². The average Bonchev–Trinajstić information content (AvgIpc) is 2.55. The van der Waals surface area contributed by atoms with Crippen molar-refractivity contribution in [3.8, 4) is 0 Å².